The van der Waals surface area contributed by atoms with Gasteiger partial charge in [0.25, 0.3) is 0 Å². The minimum absolute atomic E-state index is 0.00272. The number of amides is 3. The number of benzene rings is 3. The van der Waals surface area contributed by atoms with Crippen molar-refractivity contribution in [3.8, 4) is 16.9 Å². The Morgan fingerprint density at radius 3 is 2.25 bits per heavy atom. The molecule has 0 saturated carbocycles. The van der Waals surface area contributed by atoms with Crippen molar-refractivity contribution in [1.82, 2.24) is 10.6 Å². The molecule has 3 aromatic rings. The summed E-state index contributed by atoms with van der Waals surface area (Å²) in [5.41, 5.74) is 9.96. The molecule has 5 N–H and O–H groups in total. The molecule has 0 aromatic heterocycles. The smallest absolute Gasteiger partial charge is 0.460 e. The zero-order chi connectivity index (χ0) is 34.6. The second kappa shape index (κ2) is 14.2. The van der Waals surface area contributed by atoms with E-state index in [1.165, 1.54) is 6.07 Å². The number of hydrogen-bond acceptors (Lipinski definition) is 9. The molecule has 1 aliphatic heterocycles. The largest absolute Gasteiger partial charge is 0.527 e. The first kappa shape index (κ1) is 34.6. The van der Waals surface area contributed by atoms with Gasteiger partial charge in [-0.2, -0.15) is 0 Å². The quantitative estimate of drug-likeness (QED) is 0.168. The fourth-order valence-corrected chi connectivity index (χ4v) is 6.48. The first-order valence-electron chi connectivity index (χ1n) is 15.4. The van der Waals surface area contributed by atoms with E-state index in [0.29, 0.717) is 11.1 Å². The summed E-state index contributed by atoms with van der Waals surface area (Å²) < 4.78 is 32.7. The lowest BCUT2D eigenvalue weighted by atomic mass is 9.98. The average molecular weight is 680 g/mol. The van der Waals surface area contributed by atoms with Crippen LogP contribution in [0.3, 0.4) is 0 Å². The minimum atomic E-state index is -4.22. The summed E-state index contributed by atoms with van der Waals surface area (Å²) in [7, 11) is -4.22. The van der Waals surface area contributed by atoms with Gasteiger partial charge in [-0.1, -0.05) is 54.6 Å². The molecule has 13 nitrogen and oxygen atoms in total. The Kier molecular flexibility index (Phi) is 10.2. The highest BCUT2D eigenvalue weighted by Gasteiger charge is 2.33. The molecule has 1 heterocycles. The van der Waals surface area contributed by atoms with Crippen LogP contribution in [0, 0.1) is 0 Å². The number of fused-ring (bicyclic) bond motifs is 4. The summed E-state index contributed by atoms with van der Waals surface area (Å²) in [6, 6.07) is 17.9. The molecule has 48 heavy (non-hydrogen) atoms. The predicted octanol–water partition coefficient (Wildman–Crippen LogP) is 4.24. The second-order valence-electron chi connectivity index (χ2n) is 12.6. The number of carbonyl (C=O) groups excluding carboxylic acids is 4. The maximum atomic E-state index is 13.6. The Morgan fingerprint density at radius 2 is 1.62 bits per heavy atom. The van der Waals surface area contributed by atoms with Crippen molar-refractivity contribution in [1.29, 1.82) is 0 Å². The summed E-state index contributed by atoms with van der Waals surface area (Å²) in [5.74, 6) is -2.25. The Morgan fingerprint density at radius 1 is 0.979 bits per heavy atom. The molecule has 1 unspecified atom stereocenters. The summed E-state index contributed by atoms with van der Waals surface area (Å²) >= 11 is 0. The Hall–Kier alpha value is -4.71. The number of alkyl carbamates (subject to hydrolysis) is 1. The van der Waals surface area contributed by atoms with Crippen LogP contribution < -0.4 is 20.9 Å². The average Bonchev–Trinajstić information content (AvgIpc) is 3.34. The van der Waals surface area contributed by atoms with Crippen molar-refractivity contribution < 1.29 is 47.2 Å². The van der Waals surface area contributed by atoms with Gasteiger partial charge in [-0.3, -0.25) is 23.8 Å². The van der Waals surface area contributed by atoms with Crippen molar-refractivity contribution in [3.63, 3.8) is 0 Å². The fraction of sp³-hybridized carbons (Fsp3) is 0.353. The molecule has 0 radical (unpaired) electrons. The number of rotatable bonds is 11. The molecule has 5 rings (SSSR count). The lowest BCUT2D eigenvalue weighted by molar-refractivity contribution is -0.155. The van der Waals surface area contributed by atoms with Gasteiger partial charge in [0.1, 0.15) is 30.0 Å². The van der Waals surface area contributed by atoms with E-state index in [1.807, 2.05) is 48.5 Å². The van der Waals surface area contributed by atoms with E-state index in [0.717, 1.165) is 22.3 Å². The molecule has 2 aliphatic rings. The highest BCUT2D eigenvalue weighted by Crippen LogP contribution is 2.50. The molecule has 3 amide bonds. The molecule has 0 saturated heterocycles. The van der Waals surface area contributed by atoms with Crippen LogP contribution in [0.5, 0.6) is 5.75 Å². The predicted molar refractivity (Wildman–Crippen MR) is 174 cm³/mol. The van der Waals surface area contributed by atoms with Gasteiger partial charge < -0.3 is 30.4 Å². The van der Waals surface area contributed by atoms with E-state index < -0.39 is 49.4 Å². The van der Waals surface area contributed by atoms with Crippen LogP contribution in [0.15, 0.2) is 66.7 Å². The molecule has 1 aliphatic carbocycles. The van der Waals surface area contributed by atoms with Crippen molar-refractivity contribution in [2.24, 2.45) is 5.73 Å². The van der Waals surface area contributed by atoms with Crippen molar-refractivity contribution in [3.05, 3.63) is 89.0 Å². The Bertz CT molecular complexity index is 1730. The fourth-order valence-electron chi connectivity index (χ4n) is 5.70. The van der Waals surface area contributed by atoms with Crippen LogP contribution in [0.2, 0.25) is 0 Å². The summed E-state index contributed by atoms with van der Waals surface area (Å²) in [6.45, 7) is 4.92. The standard InChI is InChI=1S/C34H38N3O10P/c1-34(2,3)46-30(38)15-13-27(31(35)39)36-32(40)28(17-20-12-14-29-21(16-20)18-45-48(42,43)47-29)37-33(41)44-19-26-24-10-6-4-8-22(24)23-9-5-7-11-25(23)26/h4-12,14,16,26-28H,13,15,17-19H2,1-3H3,(H2,35,39)(H,36,40)(H,37,41)(H,42,43)/t27-,28-/m0/s1. The molecule has 0 spiro atoms. The minimum Gasteiger partial charge on any atom is -0.460 e. The van der Waals surface area contributed by atoms with E-state index in [2.05, 4.69) is 10.6 Å². The number of phosphoric ester groups is 1. The van der Waals surface area contributed by atoms with E-state index in [4.69, 9.17) is 24.3 Å². The van der Waals surface area contributed by atoms with Gasteiger partial charge in [0.05, 0.1) is 6.61 Å². The van der Waals surface area contributed by atoms with Gasteiger partial charge >= 0.3 is 19.9 Å². The molecule has 3 atom stereocenters. The number of phosphoric acid groups is 1. The number of carbonyl (C=O) groups is 4. The molecule has 14 heteroatoms. The van der Waals surface area contributed by atoms with Crippen molar-refractivity contribution in [2.45, 2.75) is 70.2 Å². The highest BCUT2D eigenvalue weighted by atomic mass is 31.2. The van der Waals surface area contributed by atoms with Crippen molar-refractivity contribution in [2.75, 3.05) is 6.61 Å². The highest BCUT2D eigenvalue weighted by molar-refractivity contribution is 7.47. The van der Waals surface area contributed by atoms with Gasteiger partial charge in [-0.15, -0.1) is 0 Å². The third-order valence-electron chi connectivity index (χ3n) is 7.83. The third kappa shape index (κ3) is 8.60. The number of esters is 1. The summed E-state index contributed by atoms with van der Waals surface area (Å²) in [6.07, 6.45) is -1.25. The maximum Gasteiger partial charge on any atom is 0.527 e. The van der Waals surface area contributed by atoms with Gasteiger partial charge in [0, 0.05) is 24.3 Å². The van der Waals surface area contributed by atoms with Gasteiger partial charge in [0.2, 0.25) is 11.8 Å². The van der Waals surface area contributed by atoms with Crippen LogP contribution in [0.25, 0.3) is 11.1 Å². The van der Waals surface area contributed by atoms with Crippen LogP contribution in [-0.2, 0) is 46.0 Å². The monoisotopic (exact) mass is 679 g/mol. The van der Waals surface area contributed by atoms with Gasteiger partial charge in [0.15, 0.2) is 0 Å². The summed E-state index contributed by atoms with van der Waals surface area (Å²) in [4.78, 5) is 61.0. The molecular formula is C34H38N3O10P. The normalized spacial score (nSPS) is 17.8. The Labute approximate surface area is 277 Å². The van der Waals surface area contributed by atoms with E-state index >= 15 is 0 Å². The summed E-state index contributed by atoms with van der Waals surface area (Å²) in [5, 5.41) is 5.15. The molecule has 3 aromatic carbocycles. The number of nitrogens with one attached hydrogen (secondary N) is 2. The Balaban J connectivity index is 1.31. The zero-order valence-electron chi connectivity index (χ0n) is 26.8. The van der Waals surface area contributed by atoms with E-state index in [-0.39, 0.29) is 44.1 Å². The van der Waals surface area contributed by atoms with Gasteiger partial charge in [-0.25, -0.2) is 9.36 Å². The third-order valence-corrected chi connectivity index (χ3v) is 8.71. The lowest BCUT2D eigenvalue weighted by Crippen LogP contribution is -2.54. The molecule has 0 bridgehead atoms. The van der Waals surface area contributed by atoms with Gasteiger partial charge in [-0.05, 0) is 67.1 Å². The maximum absolute atomic E-state index is 13.6. The molecular weight excluding hydrogens is 641 g/mol. The van der Waals surface area contributed by atoms with E-state index in [1.54, 1.807) is 32.9 Å². The molecule has 254 valence electrons. The second-order valence-corrected chi connectivity index (χ2v) is 14.0. The van der Waals surface area contributed by atoms with E-state index in [9.17, 15) is 28.6 Å². The van der Waals surface area contributed by atoms with Crippen LogP contribution in [0.4, 0.5) is 4.79 Å². The van der Waals surface area contributed by atoms with Crippen LogP contribution >= 0.6 is 7.82 Å². The van der Waals surface area contributed by atoms with Crippen LogP contribution in [0.1, 0.15) is 61.8 Å². The number of ether oxygens (including phenoxy) is 2. The van der Waals surface area contributed by atoms with Crippen molar-refractivity contribution >= 4 is 31.7 Å². The first-order chi connectivity index (χ1) is 22.7. The van der Waals surface area contributed by atoms with Crippen LogP contribution in [-0.4, -0.2) is 53.1 Å². The number of hydrogen-bond donors (Lipinski definition) is 4. The topological polar surface area (TPSA) is 193 Å². The lowest BCUT2D eigenvalue weighted by Gasteiger charge is -2.24. The first-order valence-corrected chi connectivity index (χ1v) is 16.9. The number of primary amides is 1. The molecule has 0 fully saturated rings. The SMILES string of the molecule is CC(C)(C)OC(=O)CC[C@H](NC(=O)[C@H](Cc1ccc2c(c1)COP(=O)(O)O2)NC(=O)OCC1c2ccccc2-c2ccccc21)C(N)=O. The number of nitrogens with two attached hydrogens (primary N) is 1. The zero-order valence-corrected chi connectivity index (χ0v) is 27.7.